The number of carbonyl (C=O) groups is 1. The summed E-state index contributed by atoms with van der Waals surface area (Å²) in [6.45, 7) is 0.787. The van der Waals surface area contributed by atoms with Gasteiger partial charge in [-0.15, -0.1) is 0 Å². The number of aromatic amines is 1. The van der Waals surface area contributed by atoms with E-state index in [1.165, 1.54) is 6.33 Å². The summed E-state index contributed by atoms with van der Waals surface area (Å²) in [5.41, 5.74) is 11.1. The number of rotatable bonds is 4. The monoisotopic (exact) mass is 378 g/mol. The number of likely N-dealkylation sites (tertiary alicyclic amines) is 1. The van der Waals surface area contributed by atoms with Crippen molar-refractivity contribution in [1.82, 2.24) is 25.1 Å². The Bertz CT molecular complexity index is 947. The van der Waals surface area contributed by atoms with Gasteiger partial charge in [-0.05, 0) is 31.0 Å². The molecule has 3 heterocycles. The van der Waals surface area contributed by atoms with Gasteiger partial charge in [0.1, 0.15) is 18.6 Å². The molecule has 0 atom stereocenters. The highest BCUT2D eigenvalue weighted by Crippen LogP contribution is 2.39. The van der Waals surface area contributed by atoms with Gasteiger partial charge in [0.25, 0.3) is 0 Å². The number of anilines is 1. The fraction of sp³-hybridized carbons (Fsp3) is 0.300. The molecule has 1 aromatic carbocycles. The first kappa shape index (κ1) is 18.1. The Morgan fingerprint density at radius 1 is 1.21 bits per heavy atom. The molecule has 8 nitrogen and oxygen atoms in total. The van der Waals surface area contributed by atoms with Gasteiger partial charge in [0.15, 0.2) is 0 Å². The molecule has 4 N–H and O–H groups in total. The molecule has 1 amide bonds. The van der Waals surface area contributed by atoms with E-state index in [0.717, 1.165) is 41.1 Å². The van der Waals surface area contributed by atoms with Gasteiger partial charge in [-0.25, -0.2) is 9.97 Å². The van der Waals surface area contributed by atoms with E-state index in [2.05, 4.69) is 20.2 Å². The fourth-order valence-corrected chi connectivity index (χ4v) is 3.72. The van der Waals surface area contributed by atoms with Crippen molar-refractivity contribution in [3.05, 3.63) is 48.5 Å². The highest BCUT2D eigenvalue weighted by atomic mass is 16.3. The molecule has 0 unspecified atom stereocenters. The van der Waals surface area contributed by atoms with Crippen molar-refractivity contribution in [2.45, 2.75) is 18.8 Å². The van der Waals surface area contributed by atoms with Crippen LogP contribution in [0.25, 0.3) is 22.5 Å². The van der Waals surface area contributed by atoms with Crippen LogP contribution in [-0.4, -0.2) is 55.8 Å². The Labute approximate surface area is 162 Å². The van der Waals surface area contributed by atoms with Crippen LogP contribution < -0.4 is 5.73 Å². The summed E-state index contributed by atoms with van der Waals surface area (Å²) in [5.74, 6) is 0.00406. The highest BCUT2D eigenvalue weighted by Gasteiger charge is 2.28. The fourth-order valence-electron chi connectivity index (χ4n) is 3.72. The van der Waals surface area contributed by atoms with E-state index in [-0.39, 0.29) is 11.8 Å². The van der Waals surface area contributed by atoms with Crippen LogP contribution in [0, 0.1) is 0 Å². The zero-order chi connectivity index (χ0) is 19.5. The van der Waals surface area contributed by atoms with Crippen molar-refractivity contribution in [2.24, 2.45) is 0 Å². The number of H-pyrrole nitrogens is 1. The summed E-state index contributed by atoms with van der Waals surface area (Å²) >= 11 is 0. The molecule has 144 valence electrons. The molecule has 4 rings (SSSR count). The second-order valence-electron chi connectivity index (χ2n) is 6.89. The Balaban J connectivity index is 1.70. The van der Waals surface area contributed by atoms with Crippen LogP contribution >= 0.6 is 0 Å². The maximum Gasteiger partial charge on any atom is 0.248 e. The number of nitrogens with two attached hydrogens (primary N) is 1. The van der Waals surface area contributed by atoms with Crippen LogP contribution in [0.2, 0.25) is 0 Å². The third kappa shape index (κ3) is 3.46. The minimum atomic E-state index is -0.442. The zero-order valence-electron chi connectivity index (χ0n) is 15.4. The van der Waals surface area contributed by atoms with Gasteiger partial charge in [-0.1, -0.05) is 12.1 Å². The van der Waals surface area contributed by atoms with Gasteiger partial charge in [-0.3, -0.25) is 9.89 Å². The molecule has 3 aromatic rings. The summed E-state index contributed by atoms with van der Waals surface area (Å²) < 4.78 is 0. The normalized spacial score (nSPS) is 15.0. The number of nitrogens with one attached hydrogen (secondary N) is 1. The number of hydrogen-bond acceptors (Lipinski definition) is 6. The second-order valence-corrected chi connectivity index (χ2v) is 6.89. The van der Waals surface area contributed by atoms with Gasteiger partial charge >= 0.3 is 0 Å². The third-order valence-electron chi connectivity index (χ3n) is 5.21. The first-order chi connectivity index (χ1) is 13.7. The molecule has 1 fully saturated rings. The van der Waals surface area contributed by atoms with Gasteiger partial charge in [-0.2, -0.15) is 5.10 Å². The van der Waals surface area contributed by atoms with E-state index < -0.39 is 6.61 Å². The molecule has 0 aliphatic carbocycles. The lowest BCUT2D eigenvalue weighted by Crippen LogP contribution is -2.39. The summed E-state index contributed by atoms with van der Waals surface area (Å²) in [5, 5.41) is 16.9. The molecule has 28 heavy (non-hydrogen) atoms. The molecule has 2 aromatic heterocycles. The van der Waals surface area contributed by atoms with Gasteiger partial charge in [0.2, 0.25) is 5.91 Å². The standard InChI is InChI=1S/C20H22N6O2/c21-15-3-1-13(2-4-15)19-18(16-5-8-22-12-23-16)20(25-24-19)14-6-9-26(10-7-14)17(28)11-27/h1-5,8,12,14,27H,6-7,9-11,21H2,(H,24,25). The number of nitrogen functional groups attached to an aromatic ring is 1. The maximum absolute atomic E-state index is 11.7. The van der Waals surface area contributed by atoms with Crippen LogP contribution in [0.5, 0.6) is 0 Å². The largest absolute Gasteiger partial charge is 0.399 e. The number of amides is 1. The van der Waals surface area contributed by atoms with E-state index in [4.69, 9.17) is 10.8 Å². The van der Waals surface area contributed by atoms with E-state index in [0.29, 0.717) is 18.8 Å². The summed E-state index contributed by atoms with van der Waals surface area (Å²) in [4.78, 5) is 21.9. The van der Waals surface area contributed by atoms with Crippen LogP contribution in [0.3, 0.4) is 0 Å². The highest BCUT2D eigenvalue weighted by molar-refractivity contribution is 5.81. The van der Waals surface area contributed by atoms with Crippen molar-refractivity contribution in [1.29, 1.82) is 0 Å². The summed E-state index contributed by atoms with van der Waals surface area (Å²) in [6.07, 6.45) is 4.84. The lowest BCUT2D eigenvalue weighted by molar-refractivity contribution is -0.135. The molecule has 8 heteroatoms. The number of piperidine rings is 1. The lowest BCUT2D eigenvalue weighted by Gasteiger charge is -2.31. The van der Waals surface area contributed by atoms with Gasteiger partial charge < -0.3 is 15.7 Å². The second kappa shape index (κ2) is 7.77. The van der Waals surface area contributed by atoms with Gasteiger partial charge in [0.05, 0.1) is 5.69 Å². The smallest absolute Gasteiger partial charge is 0.248 e. The van der Waals surface area contributed by atoms with Crippen molar-refractivity contribution in [3.8, 4) is 22.5 Å². The van der Waals surface area contributed by atoms with Crippen LogP contribution in [0.4, 0.5) is 5.69 Å². The van der Waals surface area contributed by atoms with Crippen molar-refractivity contribution in [2.75, 3.05) is 25.4 Å². The predicted octanol–water partition coefficient (Wildman–Crippen LogP) is 1.81. The Hall–Kier alpha value is -3.26. The zero-order valence-corrected chi connectivity index (χ0v) is 15.4. The van der Waals surface area contributed by atoms with E-state index in [9.17, 15) is 4.79 Å². The average molecular weight is 378 g/mol. The Morgan fingerprint density at radius 2 is 1.96 bits per heavy atom. The number of nitrogens with zero attached hydrogens (tertiary/aromatic N) is 4. The molecular weight excluding hydrogens is 356 g/mol. The minimum absolute atomic E-state index is 0.221. The lowest BCUT2D eigenvalue weighted by atomic mass is 9.89. The SMILES string of the molecule is Nc1ccc(-c2n[nH]c(C3CCN(C(=O)CO)CC3)c2-c2ccncn2)cc1. The van der Waals surface area contributed by atoms with E-state index >= 15 is 0 Å². The number of aliphatic hydroxyl groups excluding tert-OH is 1. The maximum atomic E-state index is 11.7. The molecule has 1 saturated heterocycles. The van der Waals surface area contributed by atoms with E-state index in [1.54, 1.807) is 11.1 Å². The predicted molar refractivity (Wildman–Crippen MR) is 105 cm³/mol. The molecule has 1 aliphatic rings. The summed E-state index contributed by atoms with van der Waals surface area (Å²) in [6, 6.07) is 9.48. The topological polar surface area (TPSA) is 121 Å². The molecule has 0 saturated carbocycles. The molecule has 0 spiro atoms. The quantitative estimate of drug-likeness (QED) is 0.596. The molecule has 0 radical (unpaired) electrons. The number of hydrogen-bond donors (Lipinski definition) is 3. The Kier molecular flexibility index (Phi) is 5.03. The first-order valence-electron chi connectivity index (χ1n) is 9.26. The number of aromatic nitrogens is 4. The summed E-state index contributed by atoms with van der Waals surface area (Å²) in [7, 11) is 0. The molecule has 0 bridgehead atoms. The molecular formula is C20H22N6O2. The average Bonchev–Trinajstić information content (AvgIpc) is 3.19. The number of benzene rings is 1. The van der Waals surface area contributed by atoms with Crippen molar-refractivity contribution in [3.63, 3.8) is 0 Å². The third-order valence-corrected chi connectivity index (χ3v) is 5.21. The number of aliphatic hydroxyl groups is 1. The molecule has 1 aliphatic heterocycles. The number of carbonyl (C=O) groups excluding carboxylic acids is 1. The Morgan fingerprint density at radius 3 is 2.61 bits per heavy atom. The first-order valence-corrected chi connectivity index (χ1v) is 9.26. The van der Waals surface area contributed by atoms with Crippen molar-refractivity contribution >= 4 is 11.6 Å². The minimum Gasteiger partial charge on any atom is -0.399 e. The van der Waals surface area contributed by atoms with E-state index in [1.807, 2.05) is 30.3 Å². The van der Waals surface area contributed by atoms with Gasteiger partial charge in [0, 0.05) is 47.7 Å². The van der Waals surface area contributed by atoms with Crippen LogP contribution in [0.1, 0.15) is 24.5 Å². The van der Waals surface area contributed by atoms with Crippen molar-refractivity contribution < 1.29 is 9.90 Å². The van der Waals surface area contributed by atoms with Crippen LogP contribution in [-0.2, 0) is 4.79 Å². The van der Waals surface area contributed by atoms with Crippen LogP contribution in [0.15, 0.2) is 42.9 Å².